The molecule has 0 fully saturated rings. The normalized spacial score (nSPS) is 11.1. The van der Waals surface area contributed by atoms with E-state index < -0.39 is 11.8 Å². The molecule has 0 aliphatic rings. The monoisotopic (exact) mass is 348 g/mol. The highest BCUT2D eigenvalue weighted by Gasteiger charge is 2.16. The predicted molar refractivity (Wildman–Crippen MR) is 97.2 cm³/mol. The van der Waals surface area contributed by atoms with Gasteiger partial charge in [0.2, 0.25) is 0 Å². The zero-order valence-corrected chi connectivity index (χ0v) is 13.9. The molecule has 7 heteroatoms. The minimum absolute atomic E-state index is 0.0651. The van der Waals surface area contributed by atoms with Gasteiger partial charge in [-0.2, -0.15) is 5.26 Å². The van der Waals surface area contributed by atoms with E-state index in [4.69, 9.17) is 21.5 Å². The van der Waals surface area contributed by atoms with Crippen LogP contribution in [0.15, 0.2) is 53.9 Å². The largest absolute Gasteiger partial charge is 0.478 e. The fraction of sp³-hybridized carbons (Fsp3) is 0.0526. The third-order valence-corrected chi connectivity index (χ3v) is 3.69. The number of nitriles is 1. The maximum atomic E-state index is 12.6. The molecule has 2 rings (SSSR count). The Hall–Kier alpha value is -3.92. The molecule has 0 aromatic heterocycles. The lowest BCUT2D eigenvalue weighted by atomic mass is 10.0. The van der Waals surface area contributed by atoms with Gasteiger partial charge in [-0.3, -0.25) is 4.79 Å². The molecule has 0 spiro atoms. The quantitative estimate of drug-likeness (QED) is 0.359. The van der Waals surface area contributed by atoms with Gasteiger partial charge in [-0.15, -0.1) is 0 Å². The van der Waals surface area contributed by atoms with Crippen LogP contribution in [0.3, 0.4) is 0 Å². The van der Waals surface area contributed by atoms with Gasteiger partial charge in [0.25, 0.3) is 0 Å². The number of hydrogen-bond acceptors (Lipinski definition) is 6. The molecule has 2 aromatic rings. The summed E-state index contributed by atoms with van der Waals surface area (Å²) < 4.78 is 0. The van der Waals surface area contributed by atoms with Gasteiger partial charge in [0, 0.05) is 17.5 Å². The predicted octanol–water partition coefficient (Wildman–Crippen LogP) is 2.68. The van der Waals surface area contributed by atoms with Crippen molar-refractivity contribution in [3.8, 4) is 6.07 Å². The van der Waals surface area contributed by atoms with E-state index >= 15 is 0 Å². The van der Waals surface area contributed by atoms with E-state index in [1.165, 1.54) is 24.3 Å². The van der Waals surface area contributed by atoms with E-state index in [1.807, 2.05) is 6.07 Å². The summed E-state index contributed by atoms with van der Waals surface area (Å²) in [6.45, 7) is 1.75. The number of allylic oxidation sites excluding steroid dienone is 1. The molecule has 0 aliphatic heterocycles. The maximum Gasteiger partial charge on any atom is 0.335 e. The lowest BCUT2D eigenvalue weighted by molar-refractivity contribution is 0.0696. The van der Waals surface area contributed by atoms with Crippen molar-refractivity contribution in [2.45, 2.75) is 6.92 Å². The number of aryl methyl sites for hydroxylation is 1. The topological polar surface area (TPSA) is 140 Å². The zero-order chi connectivity index (χ0) is 19.3. The second-order valence-electron chi connectivity index (χ2n) is 5.45. The van der Waals surface area contributed by atoms with Crippen molar-refractivity contribution in [1.82, 2.24) is 0 Å². The number of aromatic carboxylic acids is 1. The van der Waals surface area contributed by atoms with E-state index in [0.717, 1.165) is 11.8 Å². The Morgan fingerprint density at radius 3 is 2.58 bits per heavy atom. The van der Waals surface area contributed by atoms with Crippen LogP contribution < -0.4 is 11.1 Å². The van der Waals surface area contributed by atoms with Crippen molar-refractivity contribution in [3.05, 3.63) is 76.1 Å². The van der Waals surface area contributed by atoms with E-state index in [2.05, 4.69) is 5.32 Å². The van der Waals surface area contributed by atoms with Crippen LogP contribution in [0.4, 0.5) is 5.69 Å². The number of Topliss-reactive ketones (excluding diaryl/α,β-unsaturated/α-hetero) is 1. The van der Waals surface area contributed by atoms with Gasteiger partial charge in [-0.1, -0.05) is 18.2 Å². The first-order valence-electron chi connectivity index (χ1n) is 7.53. The van der Waals surface area contributed by atoms with Crippen molar-refractivity contribution < 1.29 is 14.7 Å². The number of carbonyl (C=O) groups is 2. The summed E-state index contributed by atoms with van der Waals surface area (Å²) in [6, 6.07) is 12.5. The third kappa shape index (κ3) is 3.94. The third-order valence-electron chi connectivity index (χ3n) is 3.69. The fourth-order valence-electron chi connectivity index (χ4n) is 2.25. The van der Waals surface area contributed by atoms with Crippen molar-refractivity contribution >= 4 is 23.7 Å². The van der Waals surface area contributed by atoms with Gasteiger partial charge < -0.3 is 21.6 Å². The van der Waals surface area contributed by atoms with Crippen LogP contribution in [0, 0.1) is 23.7 Å². The van der Waals surface area contributed by atoms with Gasteiger partial charge in [0.05, 0.1) is 22.8 Å². The summed E-state index contributed by atoms with van der Waals surface area (Å²) in [7, 11) is 0. The number of benzene rings is 2. The highest BCUT2D eigenvalue weighted by molar-refractivity contribution is 6.21. The van der Waals surface area contributed by atoms with Crippen LogP contribution in [-0.2, 0) is 0 Å². The van der Waals surface area contributed by atoms with Crippen molar-refractivity contribution in [3.63, 3.8) is 0 Å². The molecule has 0 amide bonds. The second kappa shape index (κ2) is 7.77. The molecule has 2 aromatic carbocycles. The number of nitrogens with one attached hydrogen (secondary N) is 2. The van der Waals surface area contributed by atoms with Gasteiger partial charge in [-0.05, 0) is 36.8 Å². The maximum absolute atomic E-state index is 12.6. The SMILES string of the molecule is Cc1ccc(C(=O)O)cc1N/C(N)=C(\C=N)C(=O)c1cccc(C#N)c1. The van der Waals surface area contributed by atoms with E-state index in [9.17, 15) is 9.59 Å². The molecule has 0 heterocycles. The molecule has 7 nitrogen and oxygen atoms in total. The highest BCUT2D eigenvalue weighted by atomic mass is 16.4. The van der Waals surface area contributed by atoms with Crippen LogP contribution in [0.25, 0.3) is 0 Å². The fourth-order valence-corrected chi connectivity index (χ4v) is 2.25. The second-order valence-corrected chi connectivity index (χ2v) is 5.45. The summed E-state index contributed by atoms with van der Waals surface area (Å²) in [4.78, 5) is 23.7. The Morgan fingerprint density at radius 2 is 1.96 bits per heavy atom. The Kier molecular flexibility index (Phi) is 5.50. The van der Waals surface area contributed by atoms with Crippen LogP contribution in [0.2, 0.25) is 0 Å². The summed E-state index contributed by atoms with van der Waals surface area (Å²) in [5.41, 5.74) is 7.60. The first kappa shape index (κ1) is 18.4. The molecule has 0 unspecified atom stereocenters. The van der Waals surface area contributed by atoms with Gasteiger partial charge >= 0.3 is 5.97 Å². The Balaban J connectivity index is 2.41. The van der Waals surface area contributed by atoms with Gasteiger partial charge in [-0.25, -0.2) is 4.79 Å². The van der Waals surface area contributed by atoms with Crippen LogP contribution in [0.1, 0.15) is 31.8 Å². The Morgan fingerprint density at radius 1 is 1.23 bits per heavy atom. The van der Waals surface area contributed by atoms with Gasteiger partial charge in [0.15, 0.2) is 5.78 Å². The van der Waals surface area contributed by atoms with E-state index in [0.29, 0.717) is 11.3 Å². The van der Waals surface area contributed by atoms with Crippen molar-refractivity contribution in [2.24, 2.45) is 5.73 Å². The molecule has 0 radical (unpaired) electrons. The van der Waals surface area contributed by atoms with Crippen LogP contribution in [-0.4, -0.2) is 23.1 Å². The van der Waals surface area contributed by atoms with Gasteiger partial charge in [0.1, 0.15) is 5.82 Å². The molecule has 0 saturated heterocycles. The number of carboxylic acid groups (broad SMARTS) is 1. The standard InChI is InChI=1S/C19H16N4O3/c1-11-5-6-14(19(25)26)8-16(11)23-18(22)15(10-21)17(24)13-4-2-3-12(7-13)9-20/h2-8,10,21,23H,22H2,1H3,(H,25,26)/b18-15+,21-10?. The molecule has 0 saturated carbocycles. The number of nitrogens with two attached hydrogens (primary N) is 1. The molecular weight excluding hydrogens is 332 g/mol. The van der Waals surface area contributed by atoms with E-state index in [1.54, 1.807) is 25.1 Å². The lowest BCUT2D eigenvalue weighted by Crippen LogP contribution is -2.19. The molecule has 5 N–H and O–H groups in total. The average molecular weight is 348 g/mol. The number of anilines is 1. The molecule has 26 heavy (non-hydrogen) atoms. The van der Waals surface area contributed by atoms with Crippen molar-refractivity contribution in [2.75, 3.05) is 5.32 Å². The molecular formula is C19H16N4O3. The molecule has 0 bridgehead atoms. The number of rotatable bonds is 6. The molecule has 130 valence electrons. The summed E-state index contributed by atoms with van der Waals surface area (Å²) in [6.07, 6.45) is 0.820. The lowest BCUT2D eigenvalue weighted by Gasteiger charge is -2.13. The van der Waals surface area contributed by atoms with Crippen LogP contribution >= 0.6 is 0 Å². The number of hydrogen-bond donors (Lipinski definition) is 4. The average Bonchev–Trinajstić information content (AvgIpc) is 2.63. The minimum Gasteiger partial charge on any atom is -0.478 e. The minimum atomic E-state index is -1.09. The molecule has 0 aliphatic carbocycles. The number of carbonyl (C=O) groups excluding carboxylic acids is 1. The number of carboxylic acids is 1. The Labute approximate surface area is 149 Å². The van der Waals surface area contributed by atoms with E-state index in [-0.39, 0.29) is 22.5 Å². The smallest absolute Gasteiger partial charge is 0.335 e. The number of ketones is 1. The first-order chi connectivity index (χ1) is 12.4. The zero-order valence-electron chi connectivity index (χ0n) is 13.9. The summed E-state index contributed by atoms with van der Waals surface area (Å²) >= 11 is 0. The number of nitrogens with zero attached hydrogens (tertiary/aromatic N) is 1. The highest BCUT2D eigenvalue weighted by Crippen LogP contribution is 2.19. The molecule has 0 atom stereocenters. The summed E-state index contributed by atoms with van der Waals surface area (Å²) in [5.74, 6) is -1.69. The van der Waals surface area contributed by atoms with Crippen LogP contribution in [0.5, 0.6) is 0 Å². The first-order valence-corrected chi connectivity index (χ1v) is 7.53. The van der Waals surface area contributed by atoms with Crippen molar-refractivity contribution in [1.29, 1.82) is 10.7 Å². The Bertz CT molecular complexity index is 971. The summed E-state index contributed by atoms with van der Waals surface area (Å²) in [5, 5.41) is 28.3.